The number of nitrogens with one attached hydrogen (secondary N) is 2. The van der Waals surface area contributed by atoms with Crippen molar-refractivity contribution in [3.63, 3.8) is 0 Å². The summed E-state index contributed by atoms with van der Waals surface area (Å²) in [5, 5.41) is 5.34. The second-order valence-electron chi connectivity index (χ2n) is 6.23. The van der Waals surface area contributed by atoms with Gasteiger partial charge >= 0.3 is 6.18 Å². The van der Waals surface area contributed by atoms with Gasteiger partial charge in [-0.25, -0.2) is 0 Å². The van der Waals surface area contributed by atoms with E-state index in [1.165, 1.54) is 12.1 Å². The fourth-order valence-corrected chi connectivity index (χ4v) is 2.47. The standard InChI is InChI=1S/C19H17F3N2O2/c20-19(21,22)15-5-1-3-12(9-15)11-23-17(25)14-4-2-6-16(10-14)24-18(26)13-7-8-13/h1-6,9-10,13H,7-8,11H2,(H,23,25)(H,24,26). The van der Waals surface area contributed by atoms with Crippen molar-refractivity contribution in [1.82, 2.24) is 5.32 Å². The minimum absolute atomic E-state index is 0.0264. The van der Waals surface area contributed by atoms with Gasteiger partial charge in [0, 0.05) is 23.7 Å². The summed E-state index contributed by atoms with van der Waals surface area (Å²) in [7, 11) is 0. The average Bonchev–Trinajstić information content (AvgIpc) is 3.44. The molecule has 2 aromatic carbocycles. The van der Waals surface area contributed by atoms with E-state index in [-0.39, 0.29) is 18.4 Å². The fraction of sp³-hybridized carbons (Fsp3) is 0.263. The monoisotopic (exact) mass is 362 g/mol. The largest absolute Gasteiger partial charge is 0.416 e. The van der Waals surface area contributed by atoms with Crippen molar-refractivity contribution in [1.29, 1.82) is 0 Å². The van der Waals surface area contributed by atoms with Gasteiger partial charge in [-0.3, -0.25) is 9.59 Å². The molecule has 1 aliphatic rings. The molecule has 2 aromatic rings. The molecule has 0 spiro atoms. The van der Waals surface area contributed by atoms with E-state index in [0.29, 0.717) is 16.8 Å². The molecule has 0 aromatic heterocycles. The summed E-state index contributed by atoms with van der Waals surface area (Å²) >= 11 is 0. The Hall–Kier alpha value is -2.83. The van der Waals surface area contributed by atoms with Gasteiger partial charge in [-0.15, -0.1) is 0 Å². The Balaban J connectivity index is 1.62. The van der Waals surface area contributed by atoms with E-state index in [0.717, 1.165) is 25.0 Å². The summed E-state index contributed by atoms with van der Waals surface area (Å²) in [5.74, 6) is -0.440. The first kappa shape index (κ1) is 18.0. The molecule has 7 heteroatoms. The number of benzene rings is 2. The summed E-state index contributed by atoms with van der Waals surface area (Å²) < 4.78 is 38.2. The molecular weight excluding hydrogens is 345 g/mol. The Morgan fingerprint density at radius 3 is 2.46 bits per heavy atom. The molecule has 0 saturated heterocycles. The fourth-order valence-electron chi connectivity index (χ4n) is 2.47. The van der Waals surface area contributed by atoms with E-state index >= 15 is 0 Å². The molecule has 0 bridgehead atoms. The van der Waals surface area contributed by atoms with Crippen LogP contribution < -0.4 is 10.6 Å². The Morgan fingerprint density at radius 2 is 1.77 bits per heavy atom. The summed E-state index contributed by atoms with van der Waals surface area (Å²) in [6.45, 7) is -0.0264. The lowest BCUT2D eigenvalue weighted by atomic mass is 10.1. The van der Waals surface area contributed by atoms with Gasteiger partial charge in [-0.1, -0.05) is 18.2 Å². The molecule has 0 radical (unpaired) electrons. The smallest absolute Gasteiger partial charge is 0.348 e. The van der Waals surface area contributed by atoms with Crippen LogP contribution in [-0.4, -0.2) is 11.8 Å². The first-order chi connectivity index (χ1) is 12.3. The van der Waals surface area contributed by atoms with Crippen LogP contribution in [-0.2, 0) is 17.5 Å². The third-order valence-electron chi connectivity index (χ3n) is 4.05. The molecule has 2 N–H and O–H groups in total. The minimum Gasteiger partial charge on any atom is -0.348 e. The molecule has 0 unspecified atom stereocenters. The van der Waals surface area contributed by atoms with E-state index in [1.54, 1.807) is 24.3 Å². The Bertz CT molecular complexity index is 830. The highest BCUT2D eigenvalue weighted by Crippen LogP contribution is 2.30. The third-order valence-corrected chi connectivity index (χ3v) is 4.05. The molecule has 3 rings (SSSR count). The van der Waals surface area contributed by atoms with Crippen molar-refractivity contribution >= 4 is 17.5 Å². The predicted octanol–water partition coefficient (Wildman–Crippen LogP) is 3.98. The highest BCUT2D eigenvalue weighted by molar-refractivity contribution is 5.98. The summed E-state index contributed by atoms with van der Waals surface area (Å²) in [5.41, 5.74) is 0.444. The number of rotatable bonds is 5. The maximum absolute atomic E-state index is 12.7. The van der Waals surface area contributed by atoms with Gasteiger partial charge in [0.1, 0.15) is 0 Å². The van der Waals surface area contributed by atoms with E-state index < -0.39 is 17.6 Å². The normalized spacial score (nSPS) is 14.0. The van der Waals surface area contributed by atoms with E-state index in [4.69, 9.17) is 0 Å². The molecular formula is C19H17F3N2O2. The lowest BCUT2D eigenvalue weighted by molar-refractivity contribution is -0.137. The van der Waals surface area contributed by atoms with Crippen LogP contribution in [0.25, 0.3) is 0 Å². The Kier molecular flexibility index (Phi) is 4.97. The summed E-state index contributed by atoms with van der Waals surface area (Å²) in [4.78, 5) is 24.0. The van der Waals surface area contributed by atoms with Crippen molar-refractivity contribution in [2.75, 3.05) is 5.32 Å². The number of hydrogen-bond donors (Lipinski definition) is 2. The highest BCUT2D eigenvalue weighted by atomic mass is 19.4. The van der Waals surface area contributed by atoms with Crippen molar-refractivity contribution in [3.8, 4) is 0 Å². The first-order valence-electron chi connectivity index (χ1n) is 8.18. The van der Waals surface area contributed by atoms with Gasteiger partial charge < -0.3 is 10.6 Å². The van der Waals surface area contributed by atoms with Crippen LogP contribution in [0.5, 0.6) is 0 Å². The highest BCUT2D eigenvalue weighted by Gasteiger charge is 2.30. The second kappa shape index (κ2) is 7.19. The zero-order chi connectivity index (χ0) is 18.7. The van der Waals surface area contributed by atoms with Crippen molar-refractivity contribution in [2.45, 2.75) is 25.6 Å². The van der Waals surface area contributed by atoms with Gasteiger partial charge in [-0.05, 0) is 48.7 Å². The molecule has 4 nitrogen and oxygen atoms in total. The molecule has 2 amide bonds. The average molecular weight is 362 g/mol. The van der Waals surface area contributed by atoms with Gasteiger partial charge in [-0.2, -0.15) is 13.2 Å². The minimum atomic E-state index is -4.42. The lowest BCUT2D eigenvalue weighted by Gasteiger charge is -2.10. The summed E-state index contributed by atoms with van der Waals surface area (Å²) in [6.07, 6.45) is -2.67. The van der Waals surface area contributed by atoms with Gasteiger partial charge in [0.15, 0.2) is 0 Å². The predicted molar refractivity (Wildman–Crippen MR) is 90.4 cm³/mol. The van der Waals surface area contributed by atoms with Crippen LogP contribution in [0.2, 0.25) is 0 Å². The lowest BCUT2D eigenvalue weighted by Crippen LogP contribution is -2.23. The molecule has 136 valence electrons. The number of carbonyl (C=O) groups excluding carboxylic acids is 2. The van der Waals surface area contributed by atoms with E-state index in [9.17, 15) is 22.8 Å². The molecule has 0 atom stereocenters. The molecule has 1 aliphatic carbocycles. The van der Waals surface area contributed by atoms with Crippen LogP contribution in [0.3, 0.4) is 0 Å². The van der Waals surface area contributed by atoms with Gasteiger partial charge in [0.2, 0.25) is 5.91 Å². The van der Waals surface area contributed by atoms with E-state index in [2.05, 4.69) is 10.6 Å². The zero-order valence-electron chi connectivity index (χ0n) is 13.8. The second-order valence-corrected chi connectivity index (χ2v) is 6.23. The van der Waals surface area contributed by atoms with Crippen LogP contribution >= 0.6 is 0 Å². The molecule has 0 aliphatic heterocycles. The number of anilines is 1. The topological polar surface area (TPSA) is 58.2 Å². The summed E-state index contributed by atoms with van der Waals surface area (Å²) in [6, 6.07) is 11.3. The number of hydrogen-bond acceptors (Lipinski definition) is 2. The van der Waals surface area contributed by atoms with Gasteiger partial charge in [0.05, 0.1) is 5.56 Å². The zero-order valence-corrected chi connectivity index (χ0v) is 13.8. The van der Waals surface area contributed by atoms with Crippen molar-refractivity contribution in [3.05, 3.63) is 65.2 Å². The van der Waals surface area contributed by atoms with Crippen LogP contribution in [0.15, 0.2) is 48.5 Å². The van der Waals surface area contributed by atoms with Crippen LogP contribution in [0.4, 0.5) is 18.9 Å². The number of halogens is 3. The number of amides is 2. The van der Waals surface area contributed by atoms with Crippen LogP contribution in [0, 0.1) is 5.92 Å². The molecule has 0 heterocycles. The van der Waals surface area contributed by atoms with Crippen molar-refractivity contribution < 1.29 is 22.8 Å². The van der Waals surface area contributed by atoms with Crippen LogP contribution in [0.1, 0.15) is 34.3 Å². The van der Waals surface area contributed by atoms with Crippen molar-refractivity contribution in [2.24, 2.45) is 5.92 Å². The Morgan fingerprint density at radius 1 is 1.04 bits per heavy atom. The number of carbonyl (C=O) groups is 2. The van der Waals surface area contributed by atoms with E-state index in [1.807, 2.05) is 0 Å². The molecule has 26 heavy (non-hydrogen) atoms. The SMILES string of the molecule is O=C(NCc1cccc(C(F)(F)F)c1)c1cccc(NC(=O)C2CC2)c1. The Labute approximate surface area is 148 Å². The quantitative estimate of drug-likeness (QED) is 0.845. The maximum Gasteiger partial charge on any atom is 0.416 e. The third kappa shape index (κ3) is 4.62. The first-order valence-corrected chi connectivity index (χ1v) is 8.18. The molecule has 1 fully saturated rings. The molecule has 1 saturated carbocycles. The maximum atomic E-state index is 12.7. The van der Waals surface area contributed by atoms with Gasteiger partial charge in [0.25, 0.3) is 5.91 Å². The number of alkyl halides is 3.